The Labute approximate surface area is 137 Å². The summed E-state index contributed by atoms with van der Waals surface area (Å²) < 4.78 is 0. The first-order valence-electron chi connectivity index (χ1n) is 7.00. The van der Waals surface area contributed by atoms with Crippen molar-refractivity contribution in [1.82, 2.24) is 0 Å². The lowest BCUT2D eigenvalue weighted by molar-refractivity contribution is -0.384. The van der Waals surface area contributed by atoms with Crippen LogP contribution in [-0.2, 0) is 0 Å². The number of hydrogen-bond acceptors (Lipinski definition) is 4. The highest BCUT2D eigenvalue weighted by Crippen LogP contribution is 2.29. The highest BCUT2D eigenvalue weighted by Gasteiger charge is 2.14. The fourth-order valence-electron chi connectivity index (χ4n) is 2.52. The molecule has 0 heterocycles. The van der Waals surface area contributed by atoms with Crippen LogP contribution in [-0.4, -0.2) is 4.92 Å². The summed E-state index contributed by atoms with van der Waals surface area (Å²) in [6.07, 6.45) is -0.460. The largest absolute Gasteiger partial charge is 0.366 e. The van der Waals surface area contributed by atoms with E-state index in [-0.39, 0.29) is 10.7 Å². The molecule has 1 unspecified atom stereocenters. The number of nitro benzene ring substituents is 1. The van der Waals surface area contributed by atoms with E-state index in [2.05, 4.69) is 5.32 Å². The first kappa shape index (κ1) is 15.3. The van der Waals surface area contributed by atoms with E-state index in [4.69, 9.17) is 17.3 Å². The molecule has 3 rings (SSSR count). The van der Waals surface area contributed by atoms with Crippen molar-refractivity contribution >= 4 is 33.7 Å². The van der Waals surface area contributed by atoms with Crippen LogP contribution in [0.25, 0.3) is 10.8 Å². The van der Waals surface area contributed by atoms with Gasteiger partial charge < -0.3 is 11.1 Å². The molecule has 0 bridgehead atoms. The van der Waals surface area contributed by atoms with Crippen molar-refractivity contribution in [2.75, 3.05) is 5.32 Å². The van der Waals surface area contributed by atoms with Crippen molar-refractivity contribution in [1.29, 1.82) is 0 Å². The van der Waals surface area contributed by atoms with Gasteiger partial charge in [-0.25, -0.2) is 0 Å². The van der Waals surface area contributed by atoms with Gasteiger partial charge in [0.25, 0.3) is 5.69 Å². The Morgan fingerprint density at radius 2 is 1.83 bits per heavy atom. The molecule has 0 aliphatic rings. The zero-order valence-electron chi connectivity index (χ0n) is 12.1. The second kappa shape index (κ2) is 6.24. The molecule has 3 N–H and O–H groups in total. The third-order valence-electron chi connectivity index (χ3n) is 3.62. The molecule has 0 saturated carbocycles. The van der Waals surface area contributed by atoms with E-state index >= 15 is 0 Å². The fourth-order valence-corrected chi connectivity index (χ4v) is 2.77. The van der Waals surface area contributed by atoms with Crippen LogP contribution in [0.4, 0.5) is 11.4 Å². The zero-order chi connectivity index (χ0) is 16.4. The molecule has 3 aromatic carbocycles. The van der Waals surface area contributed by atoms with E-state index in [9.17, 15) is 10.1 Å². The zero-order valence-corrected chi connectivity index (χ0v) is 12.8. The first-order valence-corrected chi connectivity index (χ1v) is 7.38. The number of nitrogens with one attached hydrogen (secondary N) is 1. The topological polar surface area (TPSA) is 81.2 Å². The van der Waals surface area contributed by atoms with Crippen molar-refractivity contribution in [2.24, 2.45) is 5.73 Å². The van der Waals surface area contributed by atoms with Gasteiger partial charge in [-0.05, 0) is 28.5 Å². The highest BCUT2D eigenvalue weighted by molar-refractivity contribution is 6.32. The minimum atomic E-state index is -0.517. The van der Waals surface area contributed by atoms with E-state index < -0.39 is 11.1 Å². The van der Waals surface area contributed by atoms with Gasteiger partial charge in [0.05, 0.1) is 4.92 Å². The summed E-state index contributed by atoms with van der Waals surface area (Å²) in [5, 5.41) is 16.2. The van der Waals surface area contributed by atoms with E-state index in [1.807, 2.05) is 42.5 Å². The lowest BCUT2D eigenvalue weighted by atomic mass is 10.0. The van der Waals surface area contributed by atoms with Crippen molar-refractivity contribution < 1.29 is 4.92 Å². The first-order chi connectivity index (χ1) is 11.1. The van der Waals surface area contributed by atoms with Crippen molar-refractivity contribution in [3.8, 4) is 0 Å². The standard InChI is InChI=1S/C17H14ClN3O2/c18-15-10-12(8-9-16(15)21(22)23)20-17(19)14-7-3-5-11-4-1-2-6-13(11)14/h1-10,17,20H,19H2. The number of benzene rings is 3. The smallest absolute Gasteiger partial charge is 0.288 e. The van der Waals surface area contributed by atoms with Gasteiger partial charge in [-0.2, -0.15) is 0 Å². The molecule has 6 heteroatoms. The van der Waals surface area contributed by atoms with E-state index in [1.54, 1.807) is 6.07 Å². The predicted molar refractivity (Wildman–Crippen MR) is 92.6 cm³/mol. The van der Waals surface area contributed by atoms with Gasteiger partial charge in [-0.1, -0.05) is 54.1 Å². The molecule has 0 aliphatic carbocycles. The molecule has 0 fully saturated rings. The third-order valence-corrected chi connectivity index (χ3v) is 3.93. The minimum absolute atomic E-state index is 0.0742. The van der Waals surface area contributed by atoms with Crippen LogP contribution in [0.15, 0.2) is 60.7 Å². The van der Waals surface area contributed by atoms with Crippen LogP contribution in [0, 0.1) is 10.1 Å². The average Bonchev–Trinajstić information content (AvgIpc) is 2.54. The molecule has 0 amide bonds. The molecule has 0 aromatic heterocycles. The normalized spacial score (nSPS) is 12.1. The monoisotopic (exact) mass is 327 g/mol. The van der Waals surface area contributed by atoms with Crippen molar-refractivity contribution in [2.45, 2.75) is 6.17 Å². The van der Waals surface area contributed by atoms with Crippen molar-refractivity contribution in [3.63, 3.8) is 0 Å². The maximum atomic E-state index is 10.8. The number of hydrogen-bond donors (Lipinski definition) is 2. The Morgan fingerprint density at radius 1 is 1.09 bits per heavy atom. The Balaban J connectivity index is 1.90. The summed E-state index contributed by atoms with van der Waals surface area (Å²) in [6, 6.07) is 18.3. The Hall–Kier alpha value is -2.63. The molecule has 3 aromatic rings. The Kier molecular flexibility index (Phi) is 4.14. The molecule has 0 saturated heterocycles. The molecule has 1 atom stereocenters. The summed E-state index contributed by atoms with van der Waals surface area (Å²) in [5.41, 5.74) is 7.69. The third kappa shape index (κ3) is 3.11. The quantitative estimate of drug-likeness (QED) is 0.421. The van der Waals surface area contributed by atoms with Gasteiger partial charge in [0.2, 0.25) is 0 Å². The van der Waals surface area contributed by atoms with Gasteiger partial charge in [0.15, 0.2) is 0 Å². The molecule has 0 radical (unpaired) electrons. The molecular weight excluding hydrogens is 314 g/mol. The van der Waals surface area contributed by atoms with Crippen LogP contribution < -0.4 is 11.1 Å². The fraction of sp³-hybridized carbons (Fsp3) is 0.0588. The minimum Gasteiger partial charge on any atom is -0.366 e. The number of nitro groups is 1. The van der Waals surface area contributed by atoms with Crippen LogP contribution >= 0.6 is 11.6 Å². The van der Waals surface area contributed by atoms with Gasteiger partial charge in [0.1, 0.15) is 11.2 Å². The molecular formula is C17H14ClN3O2. The molecule has 0 aliphatic heterocycles. The van der Waals surface area contributed by atoms with Gasteiger partial charge in [0, 0.05) is 11.8 Å². The SMILES string of the molecule is NC(Nc1ccc([N+](=O)[O-])c(Cl)c1)c1cccc2ccccc12. The average molecular weight is 328 g/mol. The van der Waals surface area contributed by atoms with E-state index in [0.29, 0.717) is 5.69 Å². The number of fused-ring (bicyclic) bond motifs is 1. The van der Waals surface area contributed by atoms with Crippen LogP contribution in [0.2, 0.25) is 5.02 Å². The molecule has 116 valence electrons. The highest BCUT2D eigenvalue weighted by atomic mass is 35.5. The summed E-state index contributed by atoms with van der Waals surface area (Å²) in [4.78, 5) is 10.3. The summed E-state index contributed by atoms with van der Waals surface area (Å²) in [6.45, 7) is 0. The number of nitrogens with zero attached hydrogens (tertiary/aromatic N) is 1. The lowest BCUT2D eigenvalue weighted by Crippen LogP contribution is -2.20. The van der Waals surface area contributed by atoms with Crippen LogP contribution in [0.5, 0.6) is 0 Å². The number of anilines is 1. The van der Waals surface area contributed by atoms with Gasteiger partial charge in [-0.3, -0.25) is 10.1 Å². The summed E-state index contributed by atoms with van der Waals surface area (Å²) >= 11 is 5.93. The predicted octanol–water partition coefficient (Wildman–Crippen LogP) is 4.47. The van der Waals surface area contributed by atoms with Gasteiger partial charge >= 0.3 is 0 Å². The second-order valence-electron chi connectivity index (χ2n) is 5.11. The maximum Gasteiger partial charge on any atom is 0.288 e. The molecule has 0 spiro atoms. The van der Waals surface area contributed by atoms with E-state index in [1.165, 1.54) is 12.1 Å². The lowest BCUT2D eigenvalue weighted by Gasteiger charge is -2.18. The number of rotatable bonds is 4. The Bertz CT molecular complexity index is 877. The maximum absolute atomic E-state index is 10.8. The second-order valence-corrected chi connectivity index (χ2v) is 5.52. The summed E-state index contributed by atoms with van der Waals surface area (Å²) in [7, 11) is 0. The number of halogens is 1. The van der Waals surface area contributed by atoms with Crippen LogP contribution in [0.3, 0.4) is 0 Å². The van der Waals surface area contributed by atoms with Crippen LogP contribution in [0.1, 0.15) is 11.7 Å². The molecule has 23 heavy (non-hydrogen) atoms. The van der Waals surface area contributed by atoms with Gasteiger partial charge in [-0.15, -0.1) is 0 Å². The Morgan fingerprint density at radius 3 is 2.57 bits per heavy atom. The van der Waals surface area contributed by atoms with E-state index in [0.717, 1.165) is 16.3 Å². The summed E-state index contributed by atoms with van der Waals surface area (Å²) in [5.74, 6) is 0. The molecule has 5 nitrogen and oxygen atoms in total. The number of nitrogens with two attached hydrogens (primary N) is 1. The van der Waals surface area contributed by atoms with Crippen molar-refractivity contribution in [3.05, 3.63) is 81.4 Å².